The number of carboxylic acids is 1. The highest BCUT2D eigenvalue weighted by Crippen LogP contribution is 2.37. The number of hydrogen-bond acceptors (Lipinski definition) is 3. The highest BCUT2D eigenvalue weighted by atomic mass is 19.4. The molecule has 1 heterocycles. The molecule has 142 valence electrons. The smallest absolute Gasteiger partial charge is 0.481 e. The number of anilines is 1. The van der Waals surface area contributed by atoms with Crippen LogP contribution in [0, 0.1) is 0 Å². The molecule has 1 aliphatic rings. The van der Waals surface area contributed by atoms with Gasteiger partial charge in [0.1, 0.15) is 11.7 Å². The predicted octanol–water partition coefficient (Wildman–Crippen LogP) is 3.73. The summed E-state index contributed by atoms with van der Waals surface area (Å²) in [4.78, 5) is 25.4. The predicted molar refractivity (Wildman–Crippen MR) is 90.6 cm³/mol. The SMILES string of the molecule is O=C(O)C1CN(C(=O)CCc2ccccc2OC(F)(F)F)c2ccccc21. The standard InChI is InChI=1S/C19H16F3NO4/c20-19(21,22)27-16-8-4-1-5-12(16)9-10-17(24)23-11-14(18(25)26)13-6-2-3-7-15(13)23/h1-8,14H,9-11H2,(H,25,26). The van der Waals surface area contributed by atoms with Crippen molar-refractivity contribution in [2.45, 2.75) is 25.1 Å². The lowest BCUT2D eigenvalue weighted by Crippen LogP contribution is -2.31. The van der Waals surface area contributed by atoms with Crippen molar-refractivity contribution in [2.75, 3.05) is 11.4 Å². The molecule has 2 aromatic carbocycles. The molecule has 0 spiro atoms. The summed E-state index contributed by atoms with van der Waals surface area (Å²) in [5, 5.41) is 9.35. The molecule has 0 aliphatic carbocycles. The van der Waals surface area contributed by atoms with E-state index in [1.807, 2.05) is 0 Å². The summed E-state index contributed by atoms with van der Waals surface area (Å²) < 4.78 is 41.5. The molecule has 0 saturated carbocycles. The summed E-state index contributed by atoms with van der Waals surface area (Å²) in [5.74, 6) is -2.54. The molecule has 8 heteroatoms. The second-order valence-corrected chi connectivity index (χ2v) is 6.11. The fraction of sp³-hybridized carbons (Fsp3) is 0.263. The van der Waals surface area contributed by atoms with Crippen molar-refractivity contribution in [3.05, 3.63) is 59.7 Å². The number of ether oxygens (including phenoxy) is 1. The average Bonchev–Trinajstić information content (AvgIpc) is 2.99. The molecule has 27 heavy (non-hydrogen) atoms. The van der Waals surface area contributed by atoms with Crippen molar-refractivity contribution in [1.29, 1.82) is 0 Å². The van der Waals surface area contributed by atoms with Crippen molar-refractivity contribution in [1.82, 2.24) is 0 Å². The molecule has 1 atom stereocenters. The number of hydrogen-bond donors (Lipinski definition) is 1. The Morgan fingerprint density at radius 3 is 2.48 bits per heavy atom. The molecule has 5 nitrogen and oxygen atoms in total. The number of para-hydroxylation sites is 2. The normalized spacial score (nSPS) is 16.1. The summed E-state index contributed by atoms with van der Waals surface area (Å²) in [6.07, 6.45) is -4.84. The molecule has 0 fully saturated rings. The van der Waals surface area contributed by atoms with Gasteiger partial charge < -0.3 is 14.7 Å². The van der Waals surface area contributed by atoms with E-state index < -0.39 is 18.2 Å². The number of aryl methyl sites for hydroxylation is 1. The minimum atomic E-state index is -4.82. The lowest BCUT2D eigenvalue weighted by molar-refractivity contribution is -0.274. The first-order chi connectivity index (χ1) is 12.8. The van der Waals surface area contributed by atoms with E-state index in [1.54, 1.807) is 30.3 Å². The second-order valence-electron chi connectivity index (χ2n) is 6.11. The zero-order valence-corrected chi connectivity index (χ0v) is 14.1. The molecule has 3 rings (SSSR count). The van der Waals surface area contributed by atoms with Crippen molar-refractivity contribution in [3.63, 3.8) is 0 Å². The van der Waals surface area contributed by atoms with Crippen molar-refractivity contribution < 1.29 is 32.6 Å². The van der Waals surface area contributed by atoms with E-state index in [1.165, 1.54) is 23.1 Å². The lowest BCUT2D eigenvalue weighted by atomic mass is 10.0. The Morgan fingerprint density at radius 1 is 1.11 bits per heavy atom. The van der Waals surface area contributed by atoms with Gasteiger partial charge in [-0.2, -0.15) is 0 Å². The van der Waals surface area contributed by atoms with Gasteiger partial charge in [0.25, 0.3) is 0 Å². The van der Waals surface area contributed by atoms with E-state index in [0.717, 1.165) is 0 Å². The number of halogens is 3. The van der Waals surface area contributed by atoms with Gasteiger partial charge >= 0.3 is 12.3 Å². The van der Waals surface area contributed by atoms with Gasteiger partial charge in [-0.1, -0.05) is 36.4 Å². The quantitative estimate of drug-likeness (QED) is 0.860. The first-order valence-corrected chi connectivity index (χ1v) is 8.22. The van der Waals surface area contributed by atoms with Gasteiger partial charge in [-0.05, 0) is 29.7 Å². The molecule has 0 radical (unpaired) electrons. The number of fused-ring (bicyclic) bond motifs is 1. The number of amides is 1. The molecule has 1 N–H and O–H groups in total. The molecule has 0 aromatic heterocycles. The third-order valence-electron chi connectivity index (χ3n) is 4.37. The summed E-state index contributed by atoms with van der Waals surface area (Å²) in [5.41, 5.74) is 1.33. The van der Waals surface area contributed by atoms with Crippen LogP contribution in [0.15, 0.2) is 48.5 Å². The second kappa shape index (κ2) is 7.30. The minimum absolute atomic E-state index is 0.00815. The highest BCUT2D eigenvalue weighted by molar-refractivity contribution is 5.99. The number of nitrogens with zero attached hydrogens (tertiary/aromatic N) is 1. The Balaban J connectivity index is 1.74. The van der Waals surface area contributed by atoms with Crippen molar-refractivity contribution >= 4 is 17.6 Å². The molecule has 1 aliphatic heterocycles. The van der Waals surface area contributed by atoms with Crippen LogP contribution in [0.1, 0.15) is 23.5 Å². The first-order valence-electron chi connectivity index (χ1n) is 8.22. The molecule has 1 amide bonds. The number of carbonyl (C=O) groups excluding carboxylic acids is 1. The first kappa shape index (κ1) is 18.8. The maximum absolute atomic E-state index is 12.6. The Hall–Kier alpha value is -3.03. The Labute approximate surface area is 153 Å². The molecular weight excluding hydrogens is 363 g/mol. The zero-order chi connectivity index (χ0) is 19.6. The van der Waals surface area contributed by atoms with Crippen LogP contribution in [-0.2, 0) is 16.0 Å². The largest absolute Gasteiger partial charge is 0.573 e. The Morgan fingerprint density at radius 2 is 1.78 bits per heavy atom. The van der Waals surface area contributed by atoms with Gasteiger partial charge in [0.05, 0.1) is 0 Å². The number of benzene rings is 2. The zero-order valence-electron chi connectivity index (χ0n) is 14.1. The van der Waals surface area contributed by atoms with E-state index in [2.05, 4.69) is 4.74 Å². The van der Waals surface area contributed by atoms with Crippen molar-refractivity contribution in [2.24, 2.45) is 0 Å². The van der Waals surface area contributed by atoms with Gasteiger partial charge in [-0.3, -0.25) is 9.59 Å². The molecule has 0 bridgehead atoms. The minimum Gasteiger partial charge on any atom is -0.481 e. The Kier molecular flexibility index (Phi) is 5.07. The number of carbonyl (C=O) groups is 2. The van der Waals surface area contributed by atoms with E-state index >= 15 is 0 Å². The molecule has 1 unspecified atom stereocenters. The average molecular weight is 379 g/mol. The van der Waals surface area contributed by atoms with E-state index in [0.29, 0.717) is 11.3 Å². The number of rotatable bonds is 5. The Bertz CT molecular complexity index is 866. The van der Waals surface area contributed by atoms with Crippen LogP contribution < -0.4 is 9.64 Å². The van der Waals surface area contributed by atoms with Gasteiger partial charge in [0.15, 0.2) is 0 Å². The number of carboxylic acid groups (broad SMARTS) is 1. The van der Waals surface area contributed by atoms with Crippen LogP contribution in [0.4, 0.5) is 18.9 Å². The fourth-order valence-corrected chi connectivity index (χ4v) is 3.17. The lowest BCUT2D eigenvalue weighted by Gasteiger charge is -2.18. The van der Waals surface area contributed by atoms with Crippen LogP contribution in [-0.4, -0.2) is 29.9 Å². The van der Waals surface area contributed by atoms with Crippen LogP contribution in [0.25, 0.3) is 0 Å². The summed E-state index contributed by atoms with van der Waals surface area (Å²) in [6, 6.07) is 12.4. The van der Waals surface area contributed by atoms with Crippen LogP contribution in [0.5, 0.6) is 5.75 Å². The van der Waals surface area contributed by atoms with Crippen LogP contribution >= 0.6 is 0 Å². The monoisotopic (exact) mass is 379 g/mol. The van der Waals surface area contributed by atoms with Gasteiger partial charge in [0.2, 0.25) is 5.91 Å². The number of alkyl halides is 3. The van der Waals surface area contributed by atoms with E-state index in [4.69, 9.17) is 0 Å². The van der Waals surface area contributed by atoms with Gasteiger partial charge in [-0.25, -0.2) is 0 Å². The topological polar surface area (TPSA) is 66.8 Å². The van der Waals surface area contributed by atoms with Gasteiger partial charge in [-0.15, -0.1) is 13.2 Å². The summed E-state index contributed by atoms with van der Waals surface area (Å²) in [6.45, 7) is 0.00815. The van der Waals surface area contributed by atoms with E-state index in [9.17, 15) is 27.9 Å². The molecular formula is C19H16F3NO4. The van der Waals surface area contributed by atoms with Crippen LogP contribution in [0.2, 0.25) is 0 Å². The fourth-order valence-electron chi connectivity index (χ4n) is 3.17. The maximum Gasteiger partial charge on any atom is 0.573 e. The van der Waals surface area contributed by atoms with Crippen molar-refractivity contribution in [3.8, 4) is 5.75 Å². The van der Waals surface area contributed by atoms with E-state index in [-0.39, 0.29) is 36.6 Å². The maximum atomic E-state index is 12.6. The van der Waals surface area contributed by atoms with Gasteiger partial charge in [0, 0.05) is 18.7 Å². The summed E-state index contributed by atoms with van der Waals surface area (Å²) >= 11 is 0. The van der Waals surface area contributed by atoms with Crippen LogP contribution in [0.3, 0.4) is 0 Å². The number of aliphatic carboxylic acids is 1. The molecule has 2 aromatic rings. The summed E-state index contributed by atoms with van der Waals surface area (Å²) in [7, 11) is 0. The highest BCUT2D eigenvalue weighted by Gasteiger charge is 2.36. The third kappa shape index (κ3) is 4.21. The molecule has 0 saturated heterocycles. The third-order valence-corrected chi connectivity index (χ3v) is 4.37.